The molecule has 0 aromatic heterocycles. The van der Waals surface area contributed by atoms with Crippen molar-refractivity contribution >= 4 is 23.6 Å². The number of carbonyl (C=O) groups excluding carboxylic acids is 2. The zero-order chi connectivity index (χ0) is 15.5. The van der Waals surface area contributed by atoms with Crippen molar-refractivity contribution in [2.45, 2.75) is 18.2 Å². The summed E-state index contributed by atoms with van der Waals surface area (Å²) in [6, 6.07) is 7.69. The van der Waals surface area contributed by atoms with Crippen LogP contribution >= 0.6 is 11.8 Å². The number of likely N-dealkylation sites (tertiary alicyclic amines) is 1. The first kappa shape index (κ1) is 15.2. The van der Waals surface area contributed by atoms with Gasteiger partial charge in [0.15, 0.2) is 0 Å². The minimum absolute atomic E-state index is 0.0217. The molecule has 1 aromatic rings. The molecule has 2 saturated heterocycles. The number of amides is 2. The van der Waals surface area contributed by atoms with Crippen molar-refractivity contribution in [3.8, 4) is 5.75 Å². The van der Waals surface area contributed by atoms with Crippen molar-refractivity contribution in [1.82, 2.24) is 9.80 Å². The Labute approximate surface area is 134 Å². The van der Waals surface area contributed by atoms with Crippen molar-refractivity contribution in [3.63, 3.8) is 0 Å². The van der Waals surface area contributed by atoms with E-state index in [9.17, 15) is 9.59 Å². The van der Waals surface area contributed by atoms with E-state index in [0.29, 0.717) is 5.75 Å². The third-order valence-electron chi connectivity index (χ3n) is 4.14. The minimum atomic E-state index is -0.143. The summed E-state index contributed by atoms with van der Waals surface area (Å²) in [5.41, 5.74) is 0.954. The summed E-state index contributed by atoms with van der Waals surface area (Å²) in [6.45, 7) is 1.79. The molecule has 0 radical (unpaired) electrons. The highest BCUT2D eigenvalue weighted by atomic mass is 32.2. The number of methoxy groups -OCH3 is 1. The summed E-state index contributed by atoms with van der Waals surface area (Å²) in [4.78, 5) is 28.1. The van der Waals surface area contributed by atoms with Gasteiger partial charge in [0.05, 0.1) is 12.9 Å². The number of ether oxygens (including phenoxy) is 1. The lowest BCUT2D eigenvalue weighted by Crippen LogP contribution is -2.40. The second-order valence-electron chi connectivity index (χ2n) is 5.51. The quantitative estimate of drug-likeness (QED) is 0.850. The molecule has 0 spiro atoms. The molecule has 2 aliphatic rings. The van der Waals surface area contributed by atoms with E-state index in [-0.39, 0.29) is 23.7 Å². The first-order chi connectivity index (χ1) is 10.7. The highest BCUT2D eigenvalue weighted by molar-refractivity contribution is 8.00. The molecule has 1 aromatic carbocycles. The van der Waals surface area contributed by atoms with E-state index in [1.165, 1.54) is 0 Å². The van der Waals surface area contributed by atoms with Gasteiger partial charge in [0.2, 0.25) is 11.8 Å². The molecular formula is C16H20N2O3S. The maximum absolute atomic E-state index is 12.4. The van der Waals surface area contributed by atoms with Gasteiger partial charge in [-0.1, -0.05) is 18.2 Å². The number of para-hydroxylation sites is 1. The van der Waals surface area contributed by atoms with Crippen LogP contribution < -0.4 is 4.74 Å². The summed E-state index contributed by atoms with van der Waals surface area (Å²) in [6.07, 6.45) is 2.12. The largest absolute Gasteiger partial charge is 0.496 e. The molecule has 0 aliphatic carbocycles. The fourth-order valence-corrected chi connectivity index (χ4v) is 4.18. The number of benzene rings is 1. The van der Waals surface area contributed by atoms with Crippen molar-refractivity contribution < 1.29 is 14.3 Å². The Hall–Kier alpha value is -1.69. The number of rotatable bonds is 4. The predicted molar refractivity (Wildman–Crippen MR) is 85.7 cm³/mol. The molecule has 1 unspecified atom stereocenters. The van der Waals surface area contributed by atoms with Crippen LogP contribution in [0.2, 0.25) is 0 Å². The summed E-state index contributed by atoms with van der Waals surface area (Å²) >= 11 is 1.55. The normalized spacial score (nSPS) is 21.5. The third-order valence-corrected chi connectivity index (χ3v) is 5.38. The fraction of sp³-hybridized carbons (Fsp3) is 0.500. The molecule has 5 nitrogen and oxygen atoms in total. The molecule has 118 valence electrons. The molecule has 2 heterocycles. The van der Waals surface area contributed by atoms with Gasteiger partial charge in [-0.2, -0.15) is 0 Å². The van der Waals surface area contributed by atoms with Gasteiger partial charge >= 0.3 is 0 Å². The minimum Gasteiger partial charge on any atom is -0.496 e. The molecule has 3 rings (SSSR count). The standard InChI is InChI=1S/C16H20N2O3S/c1-21-13-7-3-2-6-12(13)16-18(15(20)11-22-16)10-14(19)17-8-4-5-9-17/h2-3,6-7,16H,4-5,8-11H2,1H3. The lowest BCUT2D eigenvalue weighted by molar-refractivity contribution is -0.138. The van der Waals surface area contributed by atoms with E-state index in [2.05, 4.69) is 0 Å². The topological polar surface area (TPSA) is 49.9 Å². The average Bonchev–Trinajstić information content (AvgIpc) is 3.18. The van der Waals surface area contributed by atoms with Crippen molar-refractivity contribution in [2.24, 2.45) is 0 Å². The zero-order valence-electron chi connectivity index (χ0n) is 12.7. The van der Waals surface area contributed by atoms with Gasteiger partial charge in [-0.3, -0.25) is 9.59 Å². The van der Waals surface area contributed by atoms with Crippen molar-refractivity contribution in [3.05, 3.63) is 29.8 Å². The lowest BCUT2D eigenvalue weighted by atomic mass is 10.2. The van der Waals surface area contributed by atoms with Crippen LogP contribution in [-0.2, 0) is 9.59 Å². The van der Waals surface area contributed by atoms with Gasteiger partial charge in [0, 0.05) is 18.7 Å². The van der Waals surface area contributed by atoms with Gasteiger partial charge in [-0.15, -0.1) is 11.8 Å². The van der Waals surface area contributed by atoms with Crippen LogP contribution in [0.1, 0.15) is 23.8 Å². The van der Waals surface area contributed by atoms with E-state index < -0.39 is 0 Å². The van der Waals surface area contributed by atoms with Crippen LogP contribution in [0, 0.1) is 0 Å². The first-order valence-corrected chi connectivity index (χ1v) is 8.57. The number of thioether (sulfide) groups is 1. The molecule has 0 N–H and O–H groups in total. The summed E-state index contributed by atoms with van der Waals surface area (Å²) in [7, 11) is 1.62. The second-order valence-corrected chi connectivity index (χ2v) is 6.58. The maximum atomic E-state index is 12.4. The first-order valence-electron chi connectivity index (χ1n) is 7.52. The molecule has 22 heavy (non-hydrogen) atoms. The van der Waals surface area contributed by atoms with Crippen LogP contribution in [-0.4, -0.2) is 54.1 Å². The van der Waals surface area contributed by atoms with Gasteiger partial charge < -0.3 is 14.5 Å². The number of hydrogen-bond donors (Lipinski definition) is 0. The number of carbonyl (C=O) groups is 2. The monoisotopic (exact) mass is 320 g/mol. The molecule has 2 amide bonds. The molecule has 6 heteroatoms. The van der Waals surface area contributed by atoms with Gasteiger partial charge in [0.25, 0.3) is 0 Å². The second kappa shape index (κ2) is 6.60. The third kappa shape index (κ3) is 2.92. The molecule has 2 fully saturated rings. The molecular weight excluding hydrogens is 300 g/mol. The Balaban J connectivity index is 1.78. The zero-order valence-corrected chi connectivity index (χ0v) is 13.5. The van der Waals surface area contributed by atoms with Crippen molar-refractivity contribution in [1.29, 1.82) is 0 Å². The summed E-state index contributed by atoms with van der Waals surface area (Å²) < 4.78 is 5.40. The van der Waals surface area contributed by atoms with Crippen LogP contribution in [0.3, 0.4) is 0 Å². The van der Waals surface area contributed by atoms with Crippen LogP contribution in [0.15, 0.2) is 24.3 Å². The van der Waals surface area contributed by atoms with Crippen LogP contribution in [0.4, 0.5) is 0 Å². The smallest absolute Gasteiger partial charge is 0.242 e. The van der Waals surface area contributed by atoms with Gasteiger partial charge in [0.1, 0.15) is 17.7 Å². The Bertz CT molecular complexity index is 572. The molecule has 0 bridgehead atoms. The van der Waals surface area contributed by atoms with Crippen molar-refractivity contribution in [2.75, 3.05) is 32.5 Å². The van der Waals surface area contributed by atoms with E-state index in [1.807, 2.05) is 29.2 Å². The average molecular weight is 320 g/mol. The fourth-order valence-electron chi connectivity index (χ4n) is 2.97. The highest BCUT2D eigenvalue weighted by Gasteiger charge is 2.36. The maximum Gasteiger partial charge on any atom is 0.242 e. The lowest BCUT2D eigenvalue weighted by Gasteiger charge is -2.27. The molecule has 0 saturated carbocycles. The number of nitrogens with zero attached hydrogens (tertiary/aromatic N) is 2. The highest BCUT2D eigenvalue weighted by Crippen LogP contribution is 2.42. The van der Waals surface area contributed by atoms with Gasteiger partial charge in [-0.05, 0) is 18.9 Å². The summed E-state index contributed by atoms with van der Waals surface area (Å²) in [5.74, 6) is 1.24. The van der Waals surface area contributed by atoms with Crippen LogP contribution in [0.5, 0.6) is 5.75 Å². The van der Waals surface area contributed by atoms with Gasteiger partial charge in [-0.25, -0.2) is 0 Å². The van der Waals surface area contributed by atoms with E-state index >= 15 is 0 Å². The molecule has 1 atom stereocenters. The Morgan fingerprint density at radius 2 is 2.05 bits per heavy atom. The van der Waals surface area contributed by atoms with E-state index in [4.69, 9.17) is 4.74 Å². The van der Waals surface area contributed by atoms with E-state index in [1.54, 1.807) is 23.8 Å². The Kier molecular flexibility index (Phi) is 4.57. The SMILES string of the molecule is COc1ccccc1C1SCC(=O)N1CC(=O)N1CCCC1. The Morgan fingerprint density at radius 1 is 1.32 bits per heavy atom. The van der Waals surface area contributed by atoms with Crippen LogP contribution in [0.25, 0.3) is 0 Å². The summed E-state index contributed by atoms with van der Waals surface area (Å²) in [5, 5.41) is -0.143. The van der Waals surface area contributed by atoms with E-state index in [0.717, 1.165) is 37.2 Å². The number of hydrogen-bond acceptors (Lipinski definition) is 4. The molecule has 2 aliphatic heterocycles. The predicted octanol–water partition coefficient (Wildman–Crippen LogP) is 1.89. The Morgan fingerprint density at radius 3 is 2.77 bits per heavy atom.